The van der Waals surface area contributed by atoms with Gasteiger partial charge in [0.15, 0.2) is 0 Å². The molecule has 1 aromatic heterocycles. The normalized spacial score (nSPS) is 14.6. The molecule has 3 aromatic rings. The second-order valence-corrected chi connectivity index (χ2v) is 6.71. The standard InChI is InChI=1S/C21H24N4O3/c1-26-18-9-15(10-19(11-18)27-2)24-21-23-13-14-3-4-17(12-20(14)25-21)28-16-5-7-22-8-6-16/h3-4,9-13,16,22H,5-8H2,1-2H3,(H,23,24,25). The Morgan fingerprint density at radius 1 is 0.964 bits per heavy atom. The molecule has 0 spiro atoms. The molecule has 0 aliphatic carbocycles. The van der Waals surface area contributed by atoms with E-state index in [1.807, 2.05) is 36.4 Å². The molecular formula is C21H24N4O3. The van der Waals surface area contributed by atoms with E-state index in [-0.39, 0.29) is 6.10 Å². The van der Waals surface area contributed by atoms with Crippen molar-refractivity contribution in [2.75, 3.05) is 32.6 Å². The summed E-state index contributed by atoms with van der Waals surface area (Å²) >= 11 is 0. The Bertz CT molecular complexity index is 935. The summed E-state index contributed by atoms with van der Waals surface area (Å²) in [6.07, 6.45) is 4.09. The minimum atomic E-state index is 0.252. The fourth-order valence-electron chi connectivity index (χ4n) is 3.25. The molecule has 1 aliphatic heterocycles. The highest BCUT2D eigenvalue weighted by atomic mass is 16.5. The van der Waals surface area contributed by atoms with Crippen molar-refractivity contribution in [3.8, 4) is 17.2 Å². The Labute approximate surface area is 164 Å². The topological polar surface area (TPSA) is 77.5 Å². The number of fused-ring (bicyclic) bond motifs is 1. The second-order valence-electron chi connectivity index (χ2n) is 6.71. The molecule has 0 saturated carbocycles. The van der Waals surface area contributed by atoms with Crippen molar-refractivity contribution in [1.82, 2.24) is 15.3 Å². The van der Waals surface area contributed by atoms with Gasteiger partial charge in [-0.25, -0.2) is 9.97 Å². The summed E-state index contributed by atoms with van der Waals surface area (Å²) in [5.74, 6) is 2.73. The van der Waals surface area contributed by atoms with Gasteiger partial charge in [-0.2, -0.15) is 0 Å². The summed E-state index contributed by atoms with van der Waals surface area (Å²) in [4.78, 5) is 9.04. The summed E-state index contributed by atoms with van der Waals surface area (Å²) in [6, 6.07) is 11.5. The summed E-state index contributed by atoms with van der Waals surface area (Å²) in [7, 11) is 3.24. The van der Waals surface area contributed by atoms with Crippen LogP contribution in [-0.4, -0.2) is 43.4 Å². The molecule has 0 amide bonds. The van der Waals surface area contributed by atoms with Gasteiger partial charge in [0.2, 0.25) is 5.95 Å². The van der Waals surface area contributed by atoms with E-state index in [1.165, 1.54) is 0 Å². The zero-order chi connectivity index (χ0) is 19.3. The Kier molecular flexibility index (Phi) is 5.43. The summed E-state index contributed by atoms with van der Waals surface area (Å²) < 4.78 is 16.8. The molecule has 7 heteroatoms. The van der Waals surface area contributed by atoms with Gasteiger partial charge in [0.25, 0.3) is 0 Å². The molecule has 28 heavy (non-hydrogen) atoms. The van der Waals surface area contributed by atoms with Gasteiger partial charge < -0.3 is 24.8 Å². The smallest absolute Gasteiger partial charge is 0.227 e. The number of aromatic nitrogens is 2. The Balaban J connectivity index is 1.56. The number of nitrogens with one attached hydrogen (secondary N) is 2. The maximum absolute atomic E-state index is 6.13. The first-order valence-electron chi connectivity index (χ1n) is 9.38. The zero-order valence-corrected chi connectivity index (χ0v) is 16.1. The number of nitrogens with zero attached hydrogens (tertiary/aromatic N) is 2. The largest absolute Gasteiger partial charge is 0.497 e. The number of rotatable bonds is 6. The predicted octanol–water partition coefficient (Wildman–Crippen LogP) is 3.52. The van der Waals surface area contributed by atoms with Gasteiger partial charge in [-0.15, -0.1) is 0 Å². The molecule has 1 aliphatic rings. The number of hydrogen-bond donors (Lipinski definition) is 2. The Hall–Kier alpha value is -3.06. The average molecular weight is 380 g/mol. The number of ether oxygens (including phenoxy) is 3. The molecule has 0 bridgehead atoms. The highest BCUT2D eigenvalue weighted by Crippen LogP contribution is 2.28. The van der Waals surface area contributed by atoms with Crippen molar-refractivity contribution in [1.29, 1.82) is 0 Å². The third-order valence-corrected chi connectivity index (χ3v) is 4.75. The SMILES string of the molecule is COc1cc(Nc2ncc3ccc(OC4CCNCC4)cc3n2)cc(OC)c1. The Morgan fingerprint density at radius 2 is 1.71 bits per heavy atom. The quantitative estimate of drug-likeness (QED) is 0.677. The fraction of sp³-hybridized carbons (Fsp3) is 0.333. The molecule has 2 aromatic carbocycles. The van der Waals surface area contributed by atoms with Crippen molar-refractivity contribution in [3.63, 3.8) is 0 Å². The van der Waals surface area contributed by atoms with Crippen molar-refractivity contribution >= 4 is 22.5 Å². The van der Waals surface area contributed by atoms with Crippen LogP contribution in [0.3, 0.4) is 0 Å². The van der Waals surface area contributed by atoms with E-state index in [4.69, 9.17) is 14.2 Å². The van der Waals surface area contributed by atoms with Gasteiger partial charge in [-0.05, 0) is 38.1 Å². The molecule has 0 radical (unpaired) electrons. The summed E-state index contributed by atoms with van der Waals surface area (Å²) in [5.41, 5.74) is 1.62. The number of benzene rings is 2. The minimum Gasteiger partial charge on any atom is -0.497 e. The average Bonchev–Trinajstić information content (AvgIpc) is 2.74. The van der Waals surface area contributed by atoms with E-state index >= 15 is 0 Å². The van der Waals surface area contributed by atoms with Gasteiger partial charge in [-0.3, -0.25) is 0 Å². The zero-order valence-electron chi connectivity index (χ0n) is 16.1. The molecule has 2 N–H and O–H groups in total. The van der Waals surface area contributed by atoms with Crippen LogP contribution in [0.2, 0.25) is 0 Å². The Morgan fingerprint density at radius 3 is 2.43 bits per heavy atom. The van der Waals surface area contributed by atoms with Crippen LogP contribution in [0.15, 0.2) is 42.6 Å². The van der Waals surface area contributed by atoms with Crippen LogP contribution in [0.5, 0.6) is 17.2 Å². The van der Waals surface area contributed by atoms with Crippen LogP contribution in [0.1, 0.15) is 12.8 Å². The number of anilines is 2. The number of hydrogen-bond acceptors (Lipinski definition) is 7. The number of methoxy groups -OCH3 is 2. The van der Waals surface area contributed by atoms with Crippen molar-refractivity contribution in [3.05, 3.63) is 42.6 Å². The minimum absolute atomic E-state index is 0.252. The van der Waals surface area contributed by atoms with E-state index in [1.54, 1.807) is 20.4 Å². The van der Waals surface area contributed by atoms with Crippen molar-refractivity contribution < 1.29 is 14.2 Å². The lowest BCUT2D eigenvalue weighted by Crippen LogP contribution is -2.34. The van der Waals surface area contributed by atoms with Crippen molar-refractivity contribution in [2.24, 2.45) is 0 Å². The summed E-state index contributed by atoms with van der Waals surface area (Å²) in [6.45, 7) is 2.00. The lowest BCUT2D eigenvalue weighted by Gasteiger charge is -2.23. The lowest BCUT2D eigenvalue weighted by atomic mass is 10.1. The van der Waals surface area contributed by atoms with Gasteiger partial charge in [0.1, 0.15) is 23.4 Å². The maximum Gasteiger partial charge on any atom is 0.227 e. The number of piperidine rings is 1. The molecule has 0 unspecified atom stereocenters. The van der Waals surface area contributed by atoms with Crippen LogP contribution in [0, 0.1) is 0 Å². The highest BCUT2D eigenvalue weighted by Gasteiger charge is 2.14. The first-order chi connectivity index (χ1) is 13.7. The van der Waals surface area contributed by atoms with Gasteiger partial charge in [0.05, 0.1) is 19.7 Å². The van der Waals surface area contributed by atoms with E-state index < -0.39 is 0 Å². The van der Waals surface area contributed by atoms with Crippen LogP contribution < -0.4 is 24.8 Å². The first kappa shape index (κ1) is 18.3. The molecule has 146 valence electrons. The molecule has 0 atom stereocenters. The summed E-state index contributed by atoms with van der Waals surface area (Å²) in [5, 5.41) is 7.53. The second kappa shape index (κ2) is 8.31. The lowest BCUT2D eigenvalue weighted by molar-refractivity contribution is 0.162. The fourth-order valence-corrected chi connectivity index (χ4v) is 3.25. The maximum atomic E-state index is 6.13. The van der Waals surface area contributed by atoms with Gasteiger partial charge >= 0.3 is 0 Å². The monoisotopic (exact) mass is 380 g/mol. The third kappa shape index (κ3) is 4.26. The molecular weight excluding hydrogens is 356 g/mol. The van der Waals surface area contributed by atoms with Crippen LogP contribution in [0.4, 0.5) is 11.6 Å². The molecule has 4 rings (SSSR count). The van der Waals surface area contributed by atoms with Crippen molar-refractivity contribution in [2.45, 2.75) is 18.9 Å². The van der Waals surface area contributed by atoms with Crippen LogP contribution in [0.25, 0.3) is 10.9 Å². The third-order valence-electron chi connectivity index (χ3n) is 4.75. The van der Waals surface area contributed by atoms with E-state index in [0.29, 0.717) is 17.4 Å². The first-order valence-corrected chi connectivity index (χ1v) is 9.38. The highest BCUT2D eigenvalue weighted by molar-refractivity contribution is 5.80. The van der Waals surface area contributed by atoms with Crippen LogP contribution >= 0.6 is 0 Å². The van der Waals surface area contributed by atoms with Gasteiger partial charge in [0, 0.05) is 41.5 Å². The van der Waals surface area contributed by atoms with E-state index in [2.05, 4.69) is 20.6 Å². The molecule has 1 fully saturated rings. The van der Waals surface area contributed by atoms with E-state index in [0.717, 1.165) is 48.3 Å². The predicted molar refractivity (Wildman–Crippen MR) is 109 cm³/mol. The van der Waals surface area contributed by atoms with Crippen LogP contribution in [-0.2, 0) is 0 Å². The molecule has 2 heterocycles. The van der Waals surface area contributed by atoms with Gasteiger partial charge in [-0.1, -0.05) is 0 Å². The molecule has 7 nitrogen and oxygen atoms in total. The van der Waals surface area contributed by atoms with E-state index in [9.17, 15) is 0 Å². The molecule has 1 saturated heterocycles.